The van der Waals surface area contributed by atoms with Gasteiger partial charge in [0, 0.05) is 23.5 Å². The van der Waals surface area contributed by atoms with Gasteiger partial charge in [-0.25, -0.2) is 19.6 Å². The molecule has 60 heavy (non-hydrogen) atoms. The van der Waals surface area contributed by atoms with E-state index >= 15 is 0 Å². The second-order valence-corrected chi connectivity index (χ2v) is 17.3. The molecular weight excluding hydrogens is 784 g/mol. The van der Waals surface area contributed by atoms with Gasteiger partial charge >= 0.3 is 12.2 Å². The number of nitrogens with zero attached hydrogens (tertiary/aromatic N) is 4. The maximum absolute atomic E-state index is 13.9. The van der Waals surface area contributed by atoms with Crippen molar-refractivity contribution in [2.24, 2.45) is 23.7 Å². The van der Waals surface area contributed by atoms with E-state index in [0.29, 0.717) is 41.4 Å². The topological polar surface area (TPSA) is 175 Å². The van der Waals surface area contributed by atoms with Crippen molar-refractivity contribution in [2.45, 2.75) is 77.2 Å². The van der Waals surface area contributed by atoms with E-state index in [1.165, 1.54) is 14.2 Å². The van der Waals surface area contributed by atoms with E-state index in [-0.39, 0.29) is 47.7 Å². The third-order valence-electron chi connectivity index (χ3n) is 12.4. The zero-order valence-electron chi connectivity index (χ0n) is 34.6. The molecule has 1 saturated carbocycles. The van der Waals surface area contributed by atoms with Crippen LogP contribution in [0.4, 0.5) is 9.59 Å². The number of nitrogens with one attached hydrogen (secondary N) is 4. The van der Waals surface area contributed by atoms with Crippen LogP contribution in [-0.2, 0) is 19.1 Å². The Morgan fingerprint density at radius 2 is 1.43 bits per heavy atom. The van der Waals surface area contributed by atoms with Gasteiger partial charge in [-0.15, -0.1) is 6.58 Å². The number of amides is 4. The lowest BCUT2D eigenvalue weighted by Crippen LogP contribution is -2.52. The fourth-order valence-corrected chi connectivity index (χ4v) is 9.24. The van der Waals surface area contributed by atoms with Gasteiger partial charge in [-0.1, -0.05) is 87.8 Å². The lowest BCUT2D eigenvalue weighted by molar-refractivity contribution is -0.137. The highest BCUT2D eigenvalue weighted by Crippen LogP contribution is 2.54. The number of fused-ring (bicyclic) bond motifs is 4. The number of halogens is 1. The van der Waals surface area contributed by atoms with Crippen molar-refractivity contribution in [2.75, 3.05) is 20.8 Å². The predicted octanol–water partition coefficient (Wildman–Crippen LogP) is 7.93. The number of hydrogen-bond donors (Lipinski definition) is 4. The van der Waals surface area contributed by atoms with Crippen LogP contribution in [-0.4, -0.2) is 92.6 Å². The molecule has 1 aliphatic carbocycles. The van der Waals surface area contributed by atoms with Crippen LogP contribution in [0.25, 0.3) is 44.2 Å². The number of likely N-dealkylation sites (tertiary alicyclic amines) is 2. The van der Waals surface area contributed by atoms with E-state index in [4.69, 9.17) is 31.0 Å². The van der Waals surface area contributed by atoms with E-state index in [0.717, 1.165) is 51.3 Å². The Morgan fingerprint density at radius 3 is 2.08 bits per heavy atom. The first-order chi connectivity index (χ1) is 28.8. The first-order valence-electron chi connectivity index (χ1n) is 20.5. The second kappa shape index (κ2) is 16.3. The number of ether oxygens (including phenoxy) is 2. The van der Waals surface area contributed by atoms with Crippen LogP contribution in [0.5, 0.6) is 0 Å². The quantitative estimate of drug-likeness (QED) is 0.0971. The fourth-order valence-electron chi connectivity index (χ4n) is 8.99. The van der Waals surface area contributed by atoms with Gasteiger partial charge in [0.25, 0.3) is 0 Å². The minimum absolute atomic E-state index is 0.0783. The number of piperidine rings is 1. The van der Waals surface area contributed by atoms with Crippen molar-refractivity contribution in [1.82, 2.24) is 40.4 Å². The molecule has 8 rings (SSSR count). The monoisotopic (exact) mass is 834 g/mol. The molecule has 0 spiro atoms. The van der Waals surface area contributed by atoms with Crippen molar-refractivity contribution in [3.63, 3.8) is 0 Å². The Labute approximate surface area is 353 Å². The zero-order valence-corrected chi connectivity index (χ0v) is 35.4. The molecule has 4 heterocycles. The zero-order chi connectivity index (χ0) is 42.6. The number of benzene rings is 3. The van der Waals surface area contributed by atoms with Crippen LogP contribution in [0.3, 0.4) is 0 Å². The first-order valence-corrected chi connectivity index (χ1v) is 20.9. The Hall–Kier alpha value is -5.89. The van der Waals surface area contributed by atoms with Crippen LogP contribution in [0.1, 0.15) is 70.7 Å². The third kappa shape index (κ3) is 7.57. The first kappa shape index (κ1) is 40.9. The lowest BCUT2D eigenvalue weighted by Gasteiger charge is -2.31. The molecule has 14 nitrogen and oxygen atoms in total. The molecule has 4 N–H and O–H groups in total. The highest BCUT2D eigenvalue weighted by atomic mass is 35.5. The summed E-state index contributed by atoms with van der Waals surface area (Å²) in [4.78, 5) is 72.5. The second-order valence-electron chi connectivity index (χ2n) is 16.9. The molecule has 0 radical (unpaired) electrons. The fraction of sp³-hybridized carbons (Fsp3) is 0.422. The van der Waals surface area contributed by atoms with Gasteiger partial charge in [-0.3, -0.25) is 9.59 Å². The number of imidazole rings is 2. The molecule has 4 amide bonds. The summed E-state index contributed by atoms with van der Waals surface area (Å²) in [5, 5.41) is 7.83. The Balaban J connectivity index is 1.02. The van der Waals surface area contributed by atoms with Gasteiger partial charge in [-0.05, 0) is 71.6 Å². The van der Waals surface area contributed by atoms with E-state index < -0.39 is 24.3 Å². The van der Waals surface area contributed by atoms with E-state index in [2.05, 4.69) is 51.4 Å². The molecule has 7 atom stereocenters. The number of alkyl carbamates (subject to hydrolysis) is 2. The van der Waals surface area contributed by atoms with E-state index in [9.17, 15) is 19.2 Å². The maximum Gasteiger partial charge on any atom is 0.407 e. The van der Waals surface area contributed by atoms with Crippen LogP contribution in [0, 0.1) is 23.7 Å². The molecule has 3 fully saturated rings. The van der Waals surface area contributed by atoms with Gasteiger partial charge in [0.2, 0.25) is 11.8 Å². The average molecular weight is 835 g/mol. The number of carbonyl (C=O) groups is 4. The summed E-state index contributed by atoms with van der Waals surface area (Å²) in [6.07, 6.45) is 2.97. The number of rotatable bonds is 11. The number of aromatic nitrogens is 4. The summed E-state index contributed by atoms with van der Waals surface area (Å²) >= 11 is 6.79. The van der Waals surface area contributed by atoms with Crippen molar-refractivity contribution in [3.05, 3.63) is 84.1 Å². The van der Waals surface area contributed by atoms with Crippen LogP contribution >= 0.6 is 11.6 Å². The lowest BCUT2D eigenvalue weighted by atomic mass is 9.99. The van der Waals surface area contributed by atoms with Gasteiger partial charge in [0.05, 0.1) is 37.3 Å². The van der Waals surface area contributed by atoms with Gasteiger partial charge in [0.1, 0.15) is 34.6 Å². The SMILES string of the molecule is C=C[C@@H]1C[C@@H](c2nc3c(ccc4cc(-c5ccc(-c6nc([C@@H]7C[C@H]8C[C@H]8N7C(=O)[C@@H](NC(=O)OC)C(C)C)[nH]c6Cl)cc5)ccc43)[nH]2)N(C(=O)[C@@H](NC(=O)OC)C(C)C)C1. The summed E-state index contributed by atoms with van der Waals surface area (Å²) in [5.41, 5.74) is 5.16. The minimum atomic E-state index is -0.748. The van der Waals surface area contributed by atoms with E-state index in [1.54, 1.807) is 4.90 Å². The third-order valence-corrected chi connectivity index (χ3v) is 12.7. The van der Waals surface area contributed by atoms with Crippen LogP contribution in [0.2, 0.25) is 5.15 Å². The Bertz CT molecular complexity index is 2480. The molecule has 0 unspecified atom stereocenters. The van der Waals surface area contributed by atoms with Crippen molar-refractivity contribution >= 4 is 57.4 Å². The number of aromatic amines is 2. The van der Waals surface area contributed by atoms with Crippen LogP contribution < -0.4 is 10.6 Å². The van der Waals surface area contributed by atoms with Gasteiger partial charge in [0.15, 0.2) is 0 Å². The van der Waals surface area contributed by atoms with Gasteiger partial charge in [-0.2, -0.15) is 0 Å². The molecule has 314 valence electrons. The van der Waals surface area contributed by atoms with Gasteiger partial charge < -0.3 is 39.9 Å². The van der Waals surface area contributed by atoms with Crippen LogP contribution in [0.15, 0.2) is 67.3 Å². The highest BCUT2D eigenvalue weighted by molar-refractivity contribution is 6.32. The number of carbonyl (C=O) groups excluding carboxylic acids is 4. The van der Waals surface area contributed by atoms with Crippen molar-refractivity contribution in [1.29, 1.82) is 0 Å². The molecule has 15 heteroatoms. The smallest absolute Gasteiger partial charge is 0.407 e. The largest absolute Gasteiger partial charge is 0.453 e. The number of H-pyrrole nitrogens is 2. The molecule has 2 aromatic heterocycles. The Kier molecular flexibility index (Phi) is 11.1. The number of hydrogen-bond acceptors (Lipinski definition) is 8. The average Bonchev–Trinajstić information content (AvgIpc) is 3.64. The number of methoxy groups -OCH3 is 2. The summed E-state index contributed by atoms with van der Waals surface area (Å²) in [6, 6.07) is 16.5. The predicted molar refractivity (Wildman–Crippen MR) is 229 cm³/mol. The normalized spacial score (nSPS) is 21.9. The summed E-state index contributed by atoms with van der Waals surface area (Å²) in [6.45, 7) is 12.1. The highest BCUT2D eigenvalue weighted by Gasteiger charge is 2.56. The van der Waals surface area contributed by atoms with E-state index in [1.807, 2.05) is 69.0 Å². The summed E-state index contributed by atoms with van der Waals surface area (Å²) in [7, 11) is 2.57. The molecule has 0 bridgehead atoms. The molecular formula is C45H51ClN8O6. The summed E-state index contributed by atoms with van der Waals surface area (Å²) in [5.74, 6) is 1.18. The Morgan fingerprint density at radius 1 is 0.800 bits per heavy atom. The standard InChI is InChI=1S/C45H51ClN8O6/c1-8-24-17-33(53(21-24)42(55)35(22(2)3)50-44(57)59-6)40-47-31-16-14-28-18-27(13-15-30(28)38(31)49-40)25-9-11-26(12-10-25)37-39(46)52-41(48-37)34-20-29-19-32(29)54(34)43(56)36(23(4)5)51-45(58)60-7/h8-16,18,22-24,29,32-36H,1,17,19-21H2,2-7H3,(H,47,49)(H,48,52)(H,50,57)(H,51,58)/t24-,29-,32-,33+,34+,35+,36+/m1/s1. The molecule has 2 aliphatic heterocycles. The van der Waals surface area contributed by atoms with Crippen molar-refractivity contribution in [3.8, 4) is 22.4 Å². The van der Waals surface area contributed by atoms with Crippen molar-refractivity contribution < 1.29 is 28.7 Å². The molecule has 2 saturated heterocycles. The minimum Gasteiger partial charge on any atom is -0.453 e. The molecule has 3 aliphatic rings. The maximum atomic E-state index is 13.9. The summed E-state index contributed by atoms with van der Waals surface area (Å²) < 4.78 is 9.61. The molecule has 5 aromatic rings. The molecule has 3 aromatic carbocycles.